The maximum Gasteiger partial charge on any atom is 0.223 e. The van der Waals surface area contributed by atoms with Crippen molar-refractivity contribution in [3.63, 3.8) is 0 Å². The normalized spacial score (nSPS) is 10.6. The zero-order chi connectivity index (χ0) is 20.9. The summed E-state index contributed by atoms with van der Waals surface area (Å²) >= 11 is 0. The molecule has 4 aromatic rings. The predicted molar refractivity (Wildman–Crippen MR) is 119 cm³/mol. The molecule has 0 atom stereocenters. The highest BCUT2D eigenvalue weighted by Gasteiger charge is 2.09. The Morgan fingerprint density at radius 3 is 2.47 bits per heavy atom. The van der Waals surface area contributed by atoms with Crippen LogP contribution in [0.3, 0.4) is 0 Å². The third-order valence-corrected chi connectivity index (χ3v) is 4.73. The molecule has 4 rings (SSSR count). The van der Waals surface area contributed by atoms with Gasteiger partial charge >= 0.3 is 0 Å². The average Bonchev–Trinajstić information content (AvgIpc) is 2.78. The molecule has 0 bridgehead atoms. The summed E-state index contributed by atoms with van der Waals surface area (Å²) in [4.78, 5) is 13.5. The molecule has 2 heterocycles. The van der Waals surface area contributed by atoms with E-state index in [0.29, 0.717) is 29.8 Å². The molecule has 0 saturated heterocycles. The zero-order valence-electron chi connectivity index (χ0n) is 17.1. The van der Waals surface area contributed by atoms with Crippen molar-refractivity contribution in [2.45, 2.75) is 13.5 Å². The van der Waals surface area contributed by atoms with Gasteiger partial charge < -0.3 is 20.1 Å². The molecule has 7 heteroatoms. The summed E-state index contributed by atoms with van der Waals surface area (Å²) < 4.78 is 10.7. The number of hydrogen-bond donors (Lipinski definition) is 2. The summed E-state index contributed by atoms with van der Waals surface area (Å²) in [5, 5.41) is 7.41. The minimum atomic E-state index is 0.575. The molecular weight excluding hydrogens is 378 g/mol. The van der Waals surface area contributed by atoms with Crippen LogP contribution in [0.25, 0.3) is 10.9 Å². The van der Waals surface area contributed by atoms with E-state index in [2.05, 4.69) is 56.8 Å². The van der Waals surface area contributed by atoms with Crippen molar-refractivity contribution in [1.29, 1.82) is 0 Å². The molecule has 7 nitrogen and oxygen atoms in total. The van der Waals surface area contributed by atoms with Crippen LogP contribution in [0.1, 0.15) is 11.1 Å². The van der Waals surface area contributed by atoms with E-state index < -0.39 is 0 Å². The number of nitrogens with one attached hydrogen (secondary N) is 2. The highest BCUT2D eigenvalue weighted by Crippen LogP contribution is 2.32. The van der Waals surface area contributed by atoms with Gasteiger partial charge in [-0.05, 0) is 30.7 Å². The zero-order valence-corrected chi connectivity index (χ0v) is 17.1. The number of ether oxygens (including phenoxy) is 2. The number of pyridine rings is 1. The van der Waals surface area contributed by atoms with Crippen molar-refractivity contribution in [2.75, 3.05) is 24.9 Å². The third-order valence-electron chi connectivity index (χ3n) is 4.73. The van der Waals surface area contributed by atoms with Gasteiger partial charge in [0.2, 0.25) is 5.95 Å². The van der Waals surface area contributed by atoms with Crippen molar-refractivity contribution in [1.82, 2.24) is 15.0 Å². The van der Waals surface area contributed by atoms with Gasteiger partial charge in [0.15, 0.2) is 11.5 Å². The summed E-state index contributed by atoms with van der Waals surface area (Å²) in [5.41, 5.74) is 4.04. The number of aromatic nitrogens is 3. The average molecular weight is 401 g/mol. The van der Waals surface area contributed by atoms with E-state index >= 15 is 0 Å². The van der Waals surface area contributed by atoms with Crippen LogP contribution in [-0.2, 0) is 6.54 Å². The van der Waals surface area contributed by atoms with Crippen molar-refractivity contribution in [2.24, 2.45) is 0 Å². The Labute approximate surface area is 175 Å². The minimum Gasteiger partial charge on any atom is -0.493 e. The predicted octanol–water partition coefficient (Wildman–Crippen LogP) is 4.71. The van der Waals surface area contributed by atoms with Gasteiger partial charge in [0.25, 0.3) is 0 Å². The third kappa shape index (κ3) is 4.25. The lowest BCUT2D eigenvalue weighted by molar-refractivity contribution is 0.355. The standard InChI is InChI=1S/C23H23N5O2/c1-15-4-6-16(7-5-15)13-25-23-26-14-18-19(28-23)10-11-24-22(18)27-17-8-9-20(29-2)21(12-17)30-3/h4-12,14H,13H2,1-3H3,(H,24,27)(H,25,26,28). The van der Waals surface area contributed by atoms with E-state index in [1.165, 1.54) is 11.1 Å². The van der Waals surface area contributed by atoms with E-state index in [1.54, 1.807) is 26.6 Å². The van der Waals surface area contributed by atoms with Gasteiger partial charge in [-0.1, -0.05) is 29.8 Å². The fraction of sp³-hybridized carbons (Fsp3) is 0.174. The molecule has 0 amide bonds. The molecule has 0 radical (unpaired) electrons. The fourth-order valence-electron chi connectivity index (χ4n) is 3.08. The van der Waals surface area contributed by atoms with Crippen LogP contribution in [-0.4, -0.2) is 29.2 Å². The molecule has 2 aromatic heterocycles. The minimum absolute atomic E-state index is 0.575. The van der Waals surface area contributed by atoms with Gasteiger partial charge in [-0.3, -0.25) is 0 Å². The molecule has 2 N–H and O–H groups in total. The lowest BCUT2D eigenvalue weighted by Gasteiger charge is -2.12. The molecule has 0 unspecified atom stereocenters. The number of methoxy groups -OCH3 is 2. The van der Waals surface area contributed by atoms with E-state index in [4.69, 9.17) is 9.47 Å². The lowest BCUT2D eigenvalue weighted by atomic mass is 10.1. The van der Waals surface area contributed by atoms with Crippen molar-refractivity contribution in [3.05, 3.63) is 72.1 Å². The van der Waals surface area contributed by atoms with E-state index in [9.17, 15) is 0 Å². The summed E-state index contributed by atoms with van der Waals surface area (Å²) in [5.74, 6) is 2.55. The lowest BCUT2D eigenvalue weighted by Crippen LogP contribution is -2.04. The van der Waals surface area contributed by atoms with E-state index in [1.807, 2.05) is 24.3 Å². The number of nitrogens with zero attached hydrogens (tertiary/aromatic N) is 3. The Morgan fingerprint density at radius 1 is 0.900 bits per heavy atom. The van der Waals surface area contributed by atoms with Crippen LogP contribution in [0.2, 0.25) is 0 Å². The second-order valence-corrected chi connectivity index (χ2v) is 6.82. The molecule has 0 fully saturated rings. The Morgan fingerprint density at radius 2 is 1.70 bits per heavy atom. The molecular formula is C23H23N5O2. The van der Waals surface area contributed by atoms with Gasteiger partial charge in [0, 0.05) is 30.7 Å². The number of rotatable bonds is 7. The first-order chi connectivity index (χ1) is 14.7. The SMILES string of the molecule is COc1ccc(Nc2nccc3nc(NCc4ccc(C)cc4)ncc23)cc1OC. The molecule has 0 saturated carbocycles. The van der Waals surface area contributed by atoms with E-state index in [0.717, 1.165) is 16.6 Å². The van der Waals surface area contributed by atoms with Gasteiger partial charge in [-0.2, -0.15) is 0 Å². The largest absolute Gasteiger partial charge is 0.493 e. The number of aryl methyl sites for hydroxylation is 1. The Hall–Kier alpha value is -3.87. The van der Waals surface area contributed by atoms with Crippen molar-refractivity contribution < 1.29 is 9.47 Å². The smallest absolute Gasteiger partial charge is 0.223 e. The first-order valence-corrected chi connectivity index (χ1v) is 9.56. The van der Waals surface area contributed by atoms with Crippen LogP contribution < -0.4 is 20.1 Å². The molecule has 2 aromatic carbocycles. The summed E-state index contributed by atoms with van der Waals surface area (Å²) in [7, 11) is 3.22. The van der Waals surface area contributed by atoms with Gasteiger partial charge in [-0.25, -0.2) is 15.0 Å². The van der Waals surface area contributed by atoms with Crippen molar-refractivity contribution >= 4 is 28.4 Å². The van der Waals surface area contributed by atoms with Gasteiger partial charge in [-0.15, -0.1) is 0 Å². The quantitative estimate of drug-likeness (QED) is 0.464. The first-order valence-electron chi connectivity index (χ1n) is 9.56. The second kappa shape index (κ2) is 8.65. The Kier molecular flexibility index (Phi) is 5.61. The molecule has 0 aliphatic rings. The summed E-state index contributed by atoms with van der Waals surface area (Å²) in [6, 6.07) is 15.9. The van der Waals surface area contributed by atoms with Crippen LogP contribution in [0, 0.1) is 6.92 Å². The summed E-state index contributed by atoms with van der Waals surface area (Å²) in [6.45, 7) is 2.74. The summed E-state index contributed by atoms with van der Waals surface area (Å²) in [6.07, 6.45) is 3.50. The Bertz CT molecular complexity index is 1160. The van der Waals surface area contributed by atoms with Crippen LogP contribution >= 0.6 is 0 Å². The molecule has 0 spiro atoms. The highest BCUT2D eigenvalue weighted by atomic mass is 16.5. The van der Waals surface area contributed by atoms with Crippen LogP contribution in [0.15, 0.2) is 60.9 Å². The first kappa shape index (κ1) is 19.4. The number of benzene rings is 2. The number of hydrogen-bond acceptors (Lipinski definition) is 7. The molecule has 30 heavy (non-hydrogen) atoms. The molecule has 152 valence electrons. The van der Waals surface area contributed by atoms with Gasteiger partial charge in [0.1, 0.15) is 5.82 Å². The van der Waals surface area contributed by atoms with Crippen LogP contribution in [0.5, 0.6) is 11.5 Å². The highest BCUT2D eigenvalue weighted by molar-refractivity contribution is 5.90. The number of anilines is 3. The van der Waals surface area contributed by atoms with Crippen molar-refractivity contribution in [3.8, 4) is 11.5 Å². The van der Waals surface area contributed by atoms with Gasteiger partial charge in [0.05, 0.1) is 25.1 Å². The topological polar surface area (TPSA) is 81.2 Å². The Balaban J connectivity index is 1.54. The number of fused-ring (bicyclic) bond motifs is 1. The maximum atomic E-state index is 5.37. The van der Waals surface area contributed by atoms with Crippen LogP contribution in [0.4, 0.5) is 17.5 Å². The monoisotopic (exact) mass is 401 g/mol. The molecule has 0 aliphatic carbocycles. The van der Waals surface area contributed by atoms with E-state index in [-0.39, 0.29) is 0 Å². The molecule has 0 aliphatic heterocycles. The second-order valence-electron chi connectivity index (χ2n) is 6.82. The fourth-order valence-corrected chi connectivity index (χ4v) is 3.08. The maximum absolute atomic E-state index is 5.37.